The molecule has 3 rings (SSSR count). The molecule has 28 heavy (non-hydrogen) atoms. The molecule has 1 atom stereocenters. The predicted octanol–water partition coefficient (Wildman–Crippen LogP) is 1.52. The van der Waals surface area contributed by atoms with Crippen molar-refractivity contribution < 1.29 is 23.9 Å². The van der Waals surface area contributed by atoms with Gasteiger partial charge in [-0.25, -0.2) is 4.79 Å². The van der Waals surface area contributed by atoms with Gasteiger partial charge in [-0.3, -0.25) is 9.59 Å². The number of furan rings is 1. The first-order chi connectivity index (χ1) is 13.0. The van der Waals surface area contributed by atoms with Crippen LogP contribution in [0.25, 0.3) is 0 Å². The van der Waals surface area contributed by atoms with E-state index in [1.165, 1.54) is 12.7 Å². The molecular formula is C19H28LiN3O5. The summed E-state index contributed by atoms with van der Waals surface area (Å²) in [5.74, 6) is -0.543. The minimum atomic E-state index is -0.889. The molecule has 9 heteroatoms. The number of aliphatic carboxylic acids is 1. The maximum atomic E-state index is 12.6. The van der Waals surface area contributed by atoms with Crippen LogP contribution in [0.4, 0.5) is 4.79 Å². The Hall–Kier alpha value is -1.91. The number of hydrogen-bond acceptors (Lipinski definition) is 4. The van der Waals surface area contributed by atoms with E-state index in [1.807, 2.05) is 0 Å². The number of carboxylic acids is 1. The van der Waals surface area contributed by atoms with Crippen LogP contribution in [0.1, 0.15) is 49.1 Å². The molecule has 2 N–H and O–H groups in total. The summed E-state index contributed by atoms with van der Waals surface area (Å²) >= 11 is 0. The number of nitrogens with one attached hydrogen (secondary N) is 1. The Kier molecular flexibility index (Phi) is 8.46. The van der Waals surface area contributed by atoms with Crippen molar-refractivity contribution in [2.45, 2.75) is 44.6 Å². The van der Waals surface area contributed by atoms with Gasteiger partial charge in [0.15, 0.2) is 5.76 Å². The van der Waals surface area contributed by atoms with Crippen LogP contribution < -0.4 is 5.32 Å². The predicted molar refractivity (Wildman–Crippen MR) is 104 cm³/mol. The molecule has 1 aromatic rings. The molecule has 2 heterocycles. The Balaban J connectivity index is 0.00000280. The van der Waals surface area contributed by atoms with Crippen LogP contribution in [0.2, 0.25) is 0 Å². The van der Waals surface area contributed by atoms with Crippen molar-refractivity contribution in [1.29, 1.82) is 0 Å². The van der Waals surface area contributed by atoms with Gasteiger partial charge >= 0.3 is 30.9 Å². The molecule has 1 saturated heterocycles. The summed E-state index contributed by atoms with van der Waals surface area (Å²) in [6.45, 7) is 1.70. The van der Waals surface area contributed by atoms with Crippen LogP contribution in [-0.4, -0.2) is 83.9 Å². The fraction of sp³-hybridized carbons (Fsp3) is 0.632. The number of carboxylic acid groups (broad SMARTS) is 1. The van der Waals surface area contributed by atoms with Gasteiger partial charge in [-0.05, 0) is 30.9 Å². The second kappa shape index (κ2) is 10.6. The minimum absolute atomic E-state index is 0. The molecule has 8 nitrogen and oxygen atoms in total. The molecule has 0 aromatic carbocycles. The second-order valence-corrected chi connectivity index (χ2v) is 7.31. The number of urea groups is 1. The van der Waals surface area contributed by atoms with E-state index < -0.39 is 5.97 Å². The zero-order valence-corrected chi connectivity index (χ0v) is 15.4. The van der Waals surface area contributed by atoms with E-state index in [2.05, 4.69) is 5.32 Å². The zero-order chi connectivity index (χ0) is 19.2. The summed E-state index contributed by atoms with van der Waals surface area (Å²) in [5.41, 5.74) is 0. The van der Waals surface area contributed by atoms with Crippen molar-refractivity contribution in [3.8, 4) is 0 Å². The van der Waals surface area contributed by atoms with Crippen LogP contribution >= 0.6 is 0 Å². The molecule has 1 unspecified atom stereocenters. The number of rotatable bonds is 5. The van der Waals surface area contributed by atoms with E-state index in [0.717, 1.165) is 25.7 Å². The van der Waals surface area contributed by atoms with Gasteiger partial charge in [-0.2, -0.15) is 0 Å². The van der Waals surface area contributed by atoms with E-state index in [0.29, 0.717) is 31.9 Å². The van der Waals surface area contributed by atoms with E-state index >= 15 is 0 Å². The van der Waals surface area contributed by atoms with Gasteiger partial charge in [0.05, 0.1) is 12.7 Å². The molecule has 2 aliphatic rings. The molecule has 150 valence electrons. The van der Waals surface area contributed by atoms with Crippen molar-refractivity contribution in [2.24, 2.45) is 5.92 Å². The molecule has 0 bridgehead atoms. The molecule has 1 saturated carbocycles. The number of hydrogen-bond donors (Lipinski definition) is 2. The van der Waals surface area contributed by atoms with E-state index in [9.17, 15) is 19.5 Å². The van der Waals surface area contributed by atoms with Gasteiger partial charge in [-0.15, -0.1) is 0 Å². The third-order valence-corrected chi connectivity index (χ3v) is 5.51. The standard InChI is InChI=1S/C19H27N3O5.Li.H/c23-17(24)13-15(14-5-2-1-3-6-14)20-19(26)22-10-8-21(9-11-22)18(25)16-7-4-12-27-16;;/h4,7,12,14-15H,1-3,5-6,8-11,13H2,(H,20,26)(H,23,24);;. The van der Waals surface area contributed by atoms with Gasteiger partial charge in [0, 0.05) is 32.2 Å². The summed E-state index contributed by atoms with van der Waals surface area (Å²) < 4.78 is 5.14. The number of nitrogens with zero attached hydrogens (tertiary/aromatic N) is 2. The third-order valence-electron chi connectivity index (χ3n) is 5.51. The molecule has 3 amide bonds. The molecule has 1 aliphatic carbocycles. The van der Waals surface area contributed by atoms with Gasteiger partial charge in [-0.1, -0.05) is 19.3 Å². The molecule has 2 fully saturated rings. The Morgan fingerprint density at radius 3 is 2.32 bits per heavy atom. The van der Waals surface area contributed by atoms with Crippen molar-refractivity contribution >= 4 is 36.8 Å². The summed E-state index contributed by atoms with van der Waals surface area (Å²) in [5, 5.41) is 12.1. The average Bonchev–Trinajstić information content (AvgIpc) is 3.22. The Morgan fingerprint density at radius 1 is 1.11 bits per heavy atom. The van der Waals surface area contributed by atoms with Gasteiger partial charge in [0.2, 0.25) is 0 Å². The first-order valence-electron chi connectivity index (χ1n) is 9.64. The zero-order valence-electron chi connectivity index (χ0n) is 15.4. The SMILES string of the molecule is O=C(O)CC(NC(=O)N1CCN(C(=O)c2ccco2)CC1)C1CCCCC1.[LiH]. The number of carbonyl (C=O) groups excluding carboxylic acids is 2. The van der Waals surface area contributed by atoms with Crippen LogP contribution in [0, 0.1) is 5.92 Å². The quantitative estimate of drug-likeness (QED) is 0.748. The average molecular weight is 385 g/mol. The number of piperazine rings is 1. The normalized spacial score (nSPS) is 18.9. The monoisotopic (exact) mass is 385 g/mol. The van der Waals surface area contributed by atoms with Crippen molar-refractivity contribution in [3.63, 3.8) is 0 Å². The van der Waals surface area contributed by atoms with Crippen LogP contribution in [0.5, 0.6) is 0 Å². The number of carbonyl (C=O) groups is 3. The maximum absolute atomic E-state index is 12.6. The molecule has 0 spiro atoms. The van der Waals surface area contributed by atoms with Crippen LogP contribution in [-0.2, 0) is 4.79 Å². The summed E-state index contributed by atoms with van der Waals surface area (Å²) in [6.07, 6.45) is 6.69. The van der Waals surface area contributed by atoms with E-state index in [1.54, 1.807) is 21.9 Å². The van der Waals surface area contributed by atoms with Crippen molar-refractivity contribution in [3.05, 3.63) is 24.2 Å². The Bertz CT molecular complexity index is 653. The molecule has 0 radical (unpaired) electrons. The van der Waals surface area contributed by atoms with Crippen molar-refractivity contribution in [1.82, 2.24) is 15.1 Å². The summed E-state index contributed by atoms with van der Waals surface area (Å²) in [7, 11) is 0. The van der Waals surface area contributed by atoms with Crippen LogP contribution in [0.15, 0.2) is 22.8 Å². The Morgan fingerprint density at radius 2 is 1.75 bits per heavy atom. The van der Waals surface area contributed by atoms with Crippen LogP contribution in [0.3, 0.4) is 0 Å². The third kappa shape index (κ3) is 5.79. The topological polar surface area (TPSA) is 103 Å². The molecule has 1 aromatic heterocycles. The molecular weight excluding hydrogens is 357 g/mol. The van der Waals surface area contributed by atoms with Gasteiger partial charge in [0.25, 0.3) is 5.91 Å². The first kappa shape index (κ1) is 22.4. The fourth-order valence-electron chi connectivity index (χ4n) is 3.98. The van der Waals surface area contributed by atoms with Gasteiger partial charge in [0.1, 0.15) is 0 Å². The molecule has 1 aliphatic heterocycles. The summed E-state index contributed by atoms with van der Waals surface area (Å²) in [4.78, 5) is 39.5. The van der Waals surface area contributed by atoms with E-state index in [-0.39, 0.29) is 49.2 Å². The van der Waals surface area contributed by atoms with Crippen molar-refractivity contribution in [2.75, 3.05) is 26.2 Å². The van der Waals surface area contributed by atoms with E-state index in [4.69, 9.17) is 4.42 Å². The first-order valence-corrected chi connectivity index (χ1v) is 9.64. The van der Waals surface area contributed by atoms with Gasteiger partial charge < -0.3 is 24.6 Å². The fourth-order valence-corrected chi connectivity index (χ4v) is 3.98. The summed E-state index contributed by atoms with van der Waals surface area (Å²) in [6, 6.07) is 2.72. The number of amides is 3. The second-order valence-electron chi connectivity index (χ2n) is 7.31. The Labute approximate surface area is 176 Å².